The van der Waals surface area contributed by atoms with Crippen molar-refractivity contribution in [3.63, 3.8) is 0 Å². The van der Waals surface area contributed by atoms with E-state index in [1.807, 2.05) is 6.08 Å². The zero-order valence-corrected chi connectivity index (χ0v) is 23.7. The van der Waals surface area contributed by atoms with E-state index in [2.05, 4.69) is 41.5 Å². The molecule has 4 aliphatic carbocycles. The molecular weight excluding hydrogens is 466 g/mol. The van der Waals surface area contributed by atoms with Crippen LogP contribution in [0.2, 0.25) is 0 Å². The Morgan fingerprint density at radius 2 is 1.73 bits per heavy atom. The maximum absolute atomic E-state index is 14.3. The average molecular weight is 512 g/mol. The number of primary amides is 1. The molecule has 6 heteroatoms. The molecule has 0 aliphatic heterocycles. The maximum atomic E-state index is 14.3. The normalized spacial score (nSPS) is 43.0. The average Bonchev–Trinajstić information content (AvgIpc) is 2.83. The minimum atomic E-state index is -0.741. The molecule has 37 heavy (non-hydrogen) atoms. The Labute approximate surface area is 221 Å². The second-order valence-electron chi connectivity index (χ2n) is 13.8. The van der Waals surface area contributed by atoms with E-state index in [4.69, 9.17) is 10.5 Å². The van der Waals surface area contributed by atoms with Crippen molar-refractivity contribution < 1.29 is 23.9 Å². The first-order valence-corrected chi connectivity index (χ1v) is 14.0. The number of methoxy groups -OCH3 is 1. The maximum Gasteiger partial charge on any atom is 0.312 e. The minimum Gasteiger partial charge on any atom is -0.469 e. The van der Waals surface area contributed by atoms with Gasteiger partial charge in [-0.15, -0.1) is 0 Å². The zero-order chi connectivity index (χ0) is 27.6. The smallest absolute Gasteiger partial charge is 0.312 e. The molecule has 0 radical (unpaired) electrons. The number of ether oxygens (including phenoxy) is 1. The summed E-state index contributed by atoms with van der Waals surface area (Å²) < 4.78 is 5.39. The van der Waals surface area contributed by atoms with Gasteiger partial charge in [0.1, 0.15) is 0 Å². The van der Waals surface area contributed by atoms with E-state index in [1.165, 1.54) is 7.11 Å². The lowest BCUT2D eigenvalue weighted by atomic mass is 9.35. The number of aldehydes is 1. The van der Waals surface area contributed by atoms with Crippen molar-refractivity contribution in [3.05, 3.63) is 23.3 Å². The van der Waals surface area contributed by atoms with Crippen molar-refractivity contribution in [2.45, 2.75) is 92.9 Å². The van der Waals surface area contributed by atoms with Gasteiger partial charge >= 0.3 is 5.97 Å². The fourth-order valence-electron chi connectivity index (χ4n) is 9.32. The van der Waals surface area contributed by atoms with Gasteiger partial charge in [-0.3, -0.25) is 19.2 Å². The van der Waals surface area contributed by atoms with Gasteiger partial charge in [0.15, 0.2) is 12.1 Å². The second kappa shape index (κ2) is 8.91. The van der Waals surface area contributed by atoms with Crippen molar-refractivity contribution >= 4 is 23.9 Å². The lowest BCUT2D eigenvalue weighted by molar-refractivity contribution is -0.190. The van der Waals surface area contributed by atoms with Crippen LogP contribution in [0.4, 0.5) is 0 Å². The molecule has 204 valence electrons. The van der Waals surface area contributed by atoms with Crippen molar-refractivity contribution in [2.75, 3.05) is 7.11 Å². The Balaban J connectivity index is 1.93. The van der Waals surface area contributed by atoms with Gasteiger partial charge in [0, 0.05) is 11.3 Å². The van der Waals surface area contributed by atoms with E-state index < -0.39 is 16.7 Å². The van der Waals surface area contributed by atoms with Crippen molar-refractivity contribution in [2.24, 2.45) is 50.6 Å². The molecule has 0 heterocycles. The summed E-state index contributed by atoms with van der Waals surface area (Å²) in [5.41, 5.74) is 4.65. The predicted molar refractivity (Wildman–Crippen MR) is 142 cm³/mol. The number of carbonyl (C=O) groups is 4. The van der Waals surface area contributed by atoms with Gasteiger partial charge in [-0.1, -0.05) is 59.6 Å². The number of nitrogens with two attached hydrogens (primary N) is 1. The third-order valence-corrected chi connectivity index (χ3v) is 11.7. The molecule has 3 fully saturated rings. The Bertz CT molecular complexity index is 1090. The van der Waals surface area contributed by atoms with E-state index in [1.54, 1.807) is 6.08 Å². The predicted octanol–water partition coefficient (Wildman–Crippen LogP) is 5.34. The molecule has 4 aliphatic rings. The van der Waals surface area contributed by atoms with Gasteiger partial charge < -0.3 is 10.5 Å². The number of hydrogen-bond acceptors (Lipinski definition) is 5. The number of ketones is 1. The van der Waals surface area contributed by atoms with Crippen LogP contribution in [0.25, 0.3) is 0 Å². The number of amides is 1. The molecule has 0 aromatic carbocycles. The third-order valence-electron chi connectivity index (χ3n) is 11.7. The first-order valence-electron chi connectivity index (χ1n) is 14.0. The van der Waals surface area contributed by atoms with Crippen LogP contribution in [-0.4, -0.2) is 31.1 Å². The fourth-order valence-corrected chi connectivity index (χ4v) is 9.32. The summed E-state index contributed by atoms with van der Waals surface area (Å²) in [7, 11) is 1.47. The summed E-state index contributed by atoms with van der Waals surface area (Å²) in [5, 5.41) is 0. The lowest BCUT2D eigenvalue weighted by Gasteiger charge is -2.67. The lowest BCUT2D eigenvalue weighted by Crippen LogP contribution is -2.64. The van der Waals surface area contributed by atoms with E-state index in [0.717, 1.165) is 50.5 Å². The van der Waals surface area contributed by atoms with E-state index in [0.29, 0.717) is 12.7 Å². The van der Waals surface area contributed by atoms with Crippen LogP contribution >= 0.6 is 0 Å². The molecule has 0 spiro atoms. The SMILES string of the molecule is CCC1CCC2(C)C(=CC(=O)C3C4CC(C)(C)CCC4(C(=O)OC)CCC32C)C1(C)C=C(C=O)C(N)=O. The van der Waals surface area contributed by atoms with Crippen LogP contribution in [0.1, 0.15) is 92.9 Å². The van der Waals surface area contributed by atoms with Gasteiger partial charge in [0.05, 0.1) is 18.1 Å². The van der Waals surface area contributed by atoms with Crippen molar-refractivity contribution in [1.82, 2.24) is 0 Å². The van der Waals surface area contributed by atoms with Crippen molar-refractivity contribution in [1.29, 1.82) is 0 Å². The van der Waals surface area contributed by atoms with Gasteiger partial charge in [0.25, 0.3) is 5.91 Å². The molecule has 0 saturated heterocycles. The molecule has 3 saturated carbocycles. The molecule has 6 nitrogen and oxygen atoms in total. The Kier molecular flexibility index (Phi) is 6.69. The molecule has 0 aromatic rings. The monoisotopic (exact) mass is 511 g/mol. The highest BCUT2D eigenvalue weighted by Gasteiger charge is 2.69. The van der Waals surface area contributed by atoms with Crippen LogP contribution in [0.5, 0.6) is 0 Å². The molecule has 7 unspecified atom stereocenters. The number of esters is 1. The first-order chi connectivity index (χ1) is 17.2. The highest BCUT2D eigenvalue weighted by molar-refractivity contribution is 6.09. The molecule has 2 N–H and O–H groups in total. The molecular formula is C31H45NO5. The topological polar surface area (TPSA) is 104 Å². The summed E-state index contributed by atoms with van der Waals surface area (Å²) in [6.07, 6.45) is 10.8. The quantitative estimate of drug-likeness (QED) is 0.176. The summed E-state index contributed by atoms with van der Waals surface area (Å²) in [6, 6.07) is 0. The summed E-state index contributed by atoms with van der Waals surface area (Å²) in [5.74, 6) is -1.00. The fraction of sp³-hybridized carbons (Fsp3) is 0.742. The van der Waals surface area contributed by atoms with Crippen LogP contribution < -0.4 is 5.73 Å². The Morgan fingerprint density at radius 1 is 1.08 bits per heavy atom. The van der Waals surface area contributed by atoms with E-state index in [9.17, 15) is 19.2 Å². The highest BCUT2D eigenvalue weighted by Crippen LogP contribution is 2.73. The third kappa shape index (κ3) is 3.79. The molecule has 1 amide bonds. The molecule has 0 aromatic heterocycles. The van der Waals surface area contributed by atoms with Gasteiger partial charge in [-0.05, 0) is 79.1 Å². The van der Waals surface area contributed by atoms with Crippen LogP contribution in [0.3, 0.4) is 0 Å². The molecule has 4 rings (SSSR count). The zero-order valence-electron chi connectivity index (χ0n) is 23.7. The van der Waals surface area contributed by atoms with Gasteiger partial charge in [-0.2, -0.15) is 0 Å². The Morgan fingerprint density at radius 3 is 2.30 bits per heavy atom. The highest BCUT2D eigenvalue weighted by atomic mass is 16.5. The summed E-state index contributed by atoms with van der Waals surface area (Å²) in [4.78, 5) is 51.5. The summed E-state index contributed by atoms with van der Waals surface area (Å²) >= 11 is 0. The number of hydrogen-bond donors (Lipinski definition) is 1. The minimum absolute atomic E-state index is 0.0341. The van der Waals surface area contributed by atoms with E-state index in [-0.39, 0.29) is 51.3 Å². The number of allylic oxidation sites excluding steroid dienone is 3. The van der Waals surface area contributed by atoms with Gasteiger partial charge in [-0.25, -0.2) is 0 Å². The number of fused-ring (bicyclic) bond motifs is 5. The molecule has 7 atom stereocenters. The largest absolute Gasteiger partial charge is 0.469 e. The number of rotatable bonds is 5. The van der Waals surface area contributed by atoms with E-state index >= 15 is 0 Å². The standard InChI is InChI=1S/C31H45NO5/c1-8-20-9-10-29(5)23(28(20,4)16-19(18-33)25(32)35)15-22(34)24-21-17-27(2,3)11-13-31(21,26(36)37-7)14-12-30(24,29)6/h15-16,18,20-21,24H,8-14,17H2,1-7H3,(H2,32,35). The summed E-state index contributed by atoms with van der Waals surface area (Å²) in [6.45, 7) is 13.2. The van der Waals surface area contributed by atoms with Crippen LogP contribution in [-0.2, 0) is 23.9 Å². The Hall–Kier alpha value is -2.24. The van der Waals surface area contributed by atoms with Crippen LogP contribution in [0, 0.1) is 44.8 Å². The second-order valence-corrected chi connectivity index (χ2v) is 13.8. The van der Waals surface area contributed by atoms with Crippen LogP contribution in [0.15, 0.2) is 23.3 Å². The number of carbonyl (C=O) groups excluding carboxylic acids is 4. The first kappa shape index (κ1) is 27.8. The van der Waals surface area contributed by atoms with Crippen molar-refractivity contribution in [3.8, 4) is 0 Å². The molecule has 0 bridgehead atoms. The van der Waals surface area contributed by atoms with Gasteiger partial charge in [0.2, 0.25) is 0 Å².